The van der Waals surface area contributed by atoms with Crippen LogP contribution in [0.2, 0.25) is 0 Å². The number of nitrogens with two attached hydrogens (primary N) is 1. The summed E-state index contributed by atoms with van der Waals surface area (Å²) in [5, 5.41) is 0. The van der Waals surface area contributed by atoms with Gasteiger partial charge in [0.1, 0.15) is 11.6 Å². The van der Waals surface area contributed by atoms with Crippen LogP contribution in [-0.2, 0) is 17.6 Å². The van der Waals surface area contributed by atoms with Crippen molar-refractivity contribution in [3.63, 3.8) is 0 Å². The van der Waals surface area contributed by atoms with E-state index in [4.69, 9.17) is 10.5 Å². The molecule has 0 fully saturated rings. The van der Waals surface area contributed by atoms with Crippen molar-refractivity contribution in [3.05, 3.63) is 47.9 Å². The van der Waals surface area contributed by atoms with Crippen molar-refractivity contribution in [3.8, 4) is 11.3 Å². The molecular weight excluding hydrogens is 264 g/mol. The topological polar surface area (TPSA) is 73.4 Å². The van der Waals surface area contributed by atoms with E-state index in [1.165, 1.54) is 11.1 Å². The minimum atomic E-state index is -0.259. The lowest BCUT2D eigenvalue weighted by atomic mass is 9.91. The molecule has 0 bridgehead atoms. The summed E-state index contributed by atoms with van der Waals surface area (Å²) in [7, 11) is 0. The highest BCUT2D eigenvalue weighted by atomic mass is 16.5. The summed E-state index contributed by atoms with van der Waals surface area (Å²) in [6, 6.07) is 6.61. The van der Waals surface area contributed by atoms with E-state index in [1.807, 2.05) is 6.92 Å². The van der Waals surface area contributed by atoms with Gasteiger partial charge in [0.2, 0.25) is 0 Å². The van der Waals surface area contributed by atoms with Gasteiger partial charge in [0.05, 0.1) is 11.9 Å². The third kappa shape index (κ3) is 1.81. The maximum Gasteiger partial charge on any atom is 0.282 e. The van der Waals surface area contributed by atoms with E-state index in [-0.39, 0.29) is 11.6 Å². The zero-order valence-corrected chi connectivity index (χ0v) is 11.8. The van der Waals surface area contributed by atoms with Crippen LogP contribution in [0.4, 0.5) is 0 Å². The summed E-state index contributed by atoms with van der Waals surface area (Å²) in [6.45, 7) is 2.04. The van der Waals surface area contributed by atoms with Gasteiger partial charge in [-0.1, -0.05) is 18.2 Å². The highest BCUT2D eigenvalue weighted by molar-refractivity contribution is 5.75. The molecule has 5 nitrogen and oxygen atoms in total. The fourth-order valence-corrected chi connectivity index (χ4v) is 3.38. The largest absolute Gasteiger partial charge is 0.460 e. The number of nitrogens with zero attached hydrogens (tertiary/aromatic N) is 3. The summed E-state index contributed by atoms with van der Waals surface area (Å²) < 4.78 is 5.58. The molecular formula is C16H16N4O. The Morgan fingerprint density at radius 1 is 1.29 bits per heavy atom. The fraction of sp³-hybridized carbons (Fsp3) is 0.312. The molecule has 2 N–H and O–H groups in total. The number of aliphatic imine (C=N–C) groups is 1. The number of hydrogen-bond donors (Lipinski definition) is 1. The summed E-state index contributed by atoms with van der Waals surface area (Å²) in [5.74, 6) is 0. The Labute approximate surface area is 122 Å². The van der Waals surface area contributed by atoms with Crippen LogP contribution in [0.1, 0.15) is 18.1 Å². The molecule has 1 aliphatic heterocycles. The second-order valence-corrected chi connectivity index (χ2v) is 5.70. The number of ether oxygens (including phenoxy) is 1. The van der Waals surface area contributed by atoms with Gasteiger partial charge in [-0.3, -0.25) is 9.97 Å². The Hall–Kier alpha value is -2.43. The van der Waals surface area contributed by atoms with Crippen LogP contribution in [0.5, 0.6) is 0 Å². The number of benzene rings is 1. The molecule has 2 heterocycles. The van der Waals surface area contributed by atoms with E-state index >= 15 is 0 Å². The van der Waals surface area contributed by atoms with Gasteiger partial charge in [0, 0.05) is 30.8 Å². The van der Waals surface area contributed by atoms with Crippen LogP contribution >= 0.6 is 0 Å². The lowest BCUT2D eigenvalue weighted by Crippen LogP contribution is -2.36. The number of hydrogen-bond acceptors (Lipinski definition) is 5. The van der Waals surface area contributed by atoms with Gasteiger partial charge in [0.15, 0.2) is 0 Å². The molecule has 21 heavy (non-hydrogen) atoms. The highest BCUT2D eigenvalue weighted by Gasteiger charge is 2.48. The predicted molar refractivity (Wildman–Crippen MR) is 79.8 cm³/mol. The molecule has 2 aliphatic rings. The molecule has 2 aromatic rings. The highest BCUT2D eigenvalue weighted by Crippen LogP contribution is 2.42. The molecule has 1 spiro atoms. The van der Waals surface area contributed by atoms with E-state index in [0.717, 1.165) is 24.1 Å². The van der Waals surface area contributed by atoms with E-state index in [0.29, 0.717) is 6.02 Å². The van der Waals surface area contributed by atoms with E-state index in [9.17, 15) is 0 Å². The summed E-state index contributed by atoms with van der Waals surface area (Å²) >= 11 is 0. The quantitative estimate of drug-likeness (QED) is 0.863. The van der Waals surface area contributed by atoms with Crippen molar-refractivity contribution >= 4 is 6.02 Å². The first-order valence-corrected chi connectivity index (χ1v) is 7.07. The summed E-state index contributed by atoms with van der Waals surface area (Å²) in [4.78, 5) is 13.2. The smallest absolute Gasteiger partial charge is 0.282 e. The van der Waals surface area contributed by atoms with Crippen molar-refractivity contribution < 1.29 is 4.74 Å². The lowest BCUT2D eigenvalue weighted by molar-refractivity contribution is 0.157. The van der Waals surface area contributed by atoms with Crippen molar-refractivity contribution in [1.82, 2.24) is 9.97 Å². The molecule has 5 heteroatoms. The van der Waals surface area contributed by atoms with Gasteiger partial charge < -0.3 is 10.5 Å². The molecule has 1 aliphatic carbocycles. The van der Waals surface area contributed by atoms with Crippen molar-refractivity contribution in [1.29, 1.82) is 0 Å². The minimum absolute atomic E-state index is 0.000363. The van der Waals surface area contributed by atoms with Gasteiger partial charge in [-0.25, -0.2) is 4.99 Å². The number of fused-ring (bicyclic) bond motifs is 1. The van der Waals surface area contributed by atoms with Crippen LogP contribution in [0.15, 0.2) is 41.8 Å². The Morgan fingerprint density at radius 3 is 2.90 bits per heavy atom. The van der Waals surface area contributed by atoms with Gasteiger partial charge >= 0.3 is 0 Å². The molecule has 0 saturated carbocycles. The molecule has 1 aromatic carbocycles. The Balaban J connectivity index is 1.81. The zero-order chi connectivity index (χ0) is 14.4. The van der Waals surface area contributed by atoms with Crippen LogP contribution in [-0.4, -0.2) is 27.6 Å². The second kappa shape index (κ2) is 4.28. The van der Waals surface area contributed by atoms with Crippen LogP contribution in [0.3, 0.4) is 0 Å². The Kier molecular flexibility index (Phi) is 2.51. The Bertz CT molecular complexity index is 728. The number of amidine groups is 1. The standard InChI is InChI=1S/C16H16N4O/c1-10-16(20-15(17)21-10)7-11-3-2-4-12(13(11)8-16)14-9-18-5-6-19-14/h2-6,9-10H,7-8H2,1H3,(H2,17,20)/t10-,16-/m1/s1. The summed E-state index contributed by atoms with van der Waals surface area (Å²) in [6.07, 6.45) is 6.89. The van der Waals surface area contributed by atoms with Crippen molar-refractivity contribution in [2.75, 3.05) is 0 Å². The normalized spacial score (nSPS) is 26.5. The first-order chi connectivity index (χ1) is 10.2. The van der Waals surface area contributed by atoms with E-state index in [1.54, 1.807) is 18.6 Å². The molecule has 0 unspecified atom stereocenters. The maximum absolute atomic E-state index is 5.77. The van der Waals surface area contributed by atoms with Gasteiger partial charge in [-0.15, -0.1) is 0 Å². The maximum atomic E-state index is 5.77. The average Bonchev–Trinajstić information content (AvgIpc) is 2.99. The fourth-order valence-electron chi connectivity index (χ4n) is 3.38. The third-order valence-corrected chi connectivity index (χ3v) is 4.48. The third-order valence-electron chi connectivity index (χ3n) is 4.48. The molecule has 106 valence electrons. The number of rotatable bonds is 1. The first kappa shape index (κ1) is 12.3. The lowest BCUT2D eigenvalue weighted by Gasteiger charge is -2.23. The van der Waals surface area contributed by atoms with Gasteiger partial charge in [-0.05, 0) is 18.1 Å². The summed E-state index contributed by atoms with van der Waals surface area (Å²) in [5.41, 5.74) is 10.1. The van der Waals surface area contributed by atoms with Crippen LogP contribution in [0, 0.1) is 0 Å². The Morgan fingerprint density at radius 2 is 2.19 bits per heavy atom. The van der Waals surface area contributed by atoms with Crippen molar-refractivity contribution in [2.24, 2.45) is 10.7 Å². The molecule has 1 aromatic heterocycles. The molecule has 0 saturated heterocycles. The monoisotopic (exact) mass is 280 g/mol. The molecule has 0 amide bonds. The van der Waals surface area contributed by atoms with Gasteiger partial charge in [-0.2, -0.15) is 0 Å². The first-order valence-electron chi connectivity index (χ1n) is 7.07. The SMILES string of the molecule is C[C@H]1OC(N)=N[C@@]12Cc1cccc(-c3cnccn3)c1C2. The molecule has 0 radical (unpaired) electrons. The van der Waals surface area contributed by atoms with E-state index < -0.39 is 0 Å². The van der Waals surface area contributed by atoms with Gasteiger partial charge in [0.25, 0.3) is 6.02 Å². The van der Waals surface area contributed by atoms with Crippen LogP contribution in [0.25, 0.3) is 11.3 Å². The predicted octanol–water partition coefficient (Wildman–Crippen LogP) is 1.71. The number of aromatic nitrogens is 2. The zero-order valence-electron chi connectivity index (χ0n) is 11.8. The molecule has 4 rings (SSSR count). The van der Waals surface area contributed by atoms with E-state index in [2.05, 4.69) is 33.2 Å². The second-order valence-electron chi connectivity index (χ2n) is 5.70. The average molecular weight is 280 g/mol. The van der Waals surface area contributed by atoms with Crippen LogP contribution < -0.4 is 5.73 Å². The van der Waals surface area contributed by atoms with Crippen molar-refractivity contribution in [2.45, 2.75) is 31.4 Å². The molecule has 2 atom stereocenters. The minimum Gasteiger partial charge on any atom is -0.460 e.